The van der Waals surface area contributed by atoms with Gasteiger partial charge in [-0.25, -0.2) is 5.43 Å². The summed E-state index contributed by atoms with van der Waals surface area (Å²) in [6.45, 7) is 0.927. The van der Waals surface area contributed by atoms with E-state index in [1.807, 2.05) is 12.1 Å². The van der Waals surface area contributed by atoms with Crippen molar-refractivity contribution in [2.24, 2.45) is 16.3 Å². The van der Waals surface area contributed by atoms with Crippen LogP contribution < -0.4 is 16.1 Å². The van der Waals surface area contributed by atoms with Gasteiger partial charge in [0.15, 0.2) is 0 Å². The van der Waals surface area contributed by atoms with Crippen LogP contribution in [0.15, 0.2) is 34.9 Å². The minimum Gasteiger partial charge on any atom is -0.350 e. The Morgan fingerprint density at radius 1 is 1.28 bits per heavy atom. The zero-order valence-corrected chi connectivity index (χ0v) is 18.6. The highest BCUT2D eigenvalue weighted by molar-refractivity contribution is 6.00. The van der Waals surface area contributed by atoms with Gasteiger partial charge in [0.25, 0.3) is 0 Å². The lowest BCUT2D eigenvalue weighted by molar-refractivity contribution is -0.123. The first-order valence-electron chi connectivity index (χ1n) is 11.4. The molecule has 1 aliphatic heterocycles. The summed E-state index contributed by atoms with van der Waals surface area (Å²) in [6, 6.07) is 4.34. The van der Waals surface area contributed by atoms with Crippen molar-refractivity contribution in [3.8, 4) is 0 Å². The molecule has 1 aromatic rings. The van der Waals surface area contributed by atoms with E-state index in [0.29, 0.717) is 44.3 Å². The van der Waals surface area contributed by atoms with Crippen molar-refractivity contribution in [1.29, 1.82) is 0 Å². The largest absolute Gasteiger partial charge is 0.350 e. The number of aromatic nitrogens is 1. The molecule has 0 radical (unpaired) electrons. The molecule has 3 rings (SSSR count). The molecule has 3 N–H and O–H groups in total. The van der Waals surface area contributed by atoms with Crippen molar-refractivity contribution in [3.63, 3.8) is 0 Å². The van der Waals surface area contributed by atoms with Crippen LogP contribution in [0, 0.1) is 10.8 Å². The normalized spacial score (nSPS) is 22.7. The van der Waals surface area contributed by atoms with Crippen LogP contribution in [0.4, 0.5) is 0 Å². The van der Waals surface area contributed by atoms with E-state index in [9.17, 15) is 14.5 Å². The van der Waals surface area contributed by atoms with Crippen molar-refractivity contribution in [2.45, 2.75) is 63.5 Å². The quantitative estimate of drug-likeness (QED) is 0.195. The van der Waals surface area contributed by atoms with Crippen molar-refractivity contribution in [1.82, 2.24) is 26.1 Å². The Kier molecular flexibility index (Phi) is 9.09. The Labute approximate surface area is 188 Å². The molecule has 1 saturated carbocycles. The molecule has 10 nitrogen and oxygen atoms in total. The first-order valence-corrected chi connectivity index (χ1v) is 11.4. The molecule has 3 atom stereocenters. The molecule has 2 aliphatic rings. The maximum absolute atomic E-state index is 12.3. The summed E-state index contributed by atoms with van der Waals surface area (Å²) < 4.78 is 0. The predicted octanol–water partition coefficient (Wildman–Crippen LogP) is 1.72. The topological polar surface area (TPSA) is 128 Å². The minimum atomic E-state index is -0.116. The van der Waals surface area contributed by atoms with Gasteiger partial charge in [0.1, 0.15) is 0 Å². The molecule has 1 aromatic heterocycles. The van der Waals surface area contributed by atoms with E-state index < -0.39 is 0 Å². The van der Waals surface area contributed by atoms with Crippen LogP contribution in [0.5, 0.6) is 0 Å². The van der Waals surface area contributed by atoms with Crippen LogP contribution in [-0.4, -0.2) is 59.7 Å². The number of carbonyl (C=O) groups excluding carboxylic acids is 2. The molecule has 1 saturated heterocycles. The summed E-state index contributed by atoms with van der Waals surface area (Å²) >= 11 is 0. The van der Waals surface area contributed by atoms with Crippen LogP contribution in [0.3, 0.4) is 0 Å². The molecule has 0 bridgehead atoms. The van der Waals surface area contributed by atoms with Crippen molar-refractivity contribution < 1.29 is 9.59 Å². The van der Waals surface area contributed by atoms with Crippen LogP contribution in [0.2, 0.25) is 0 Å². The molecule has 1 aliphatic carbocycles. The number of hydrazone groups is 1. The Balaban J connectivity index is 1.41. The summed E-state index contributed by atoms with van der Waals surface area (Å²) in [5.41, 5.74) is 4.23. The number of hydrogen-bond acceptors (Lipinski definition) is 7. The fourth-order valence-corrected chi connectivity index (χ4v) is 4.51. The number of nitroso groups, excluding NO2 is 1. The molecule has 10 heteroatoms. The highest BCUT2D eigenvalue weighted by Gasteiger charge is 2.38. The van der Waals surface area contributed by atoms with Crippen LogP contribution in [-0.2, 0) is 9.59 Å². The number of carbonyl (C=O) groups is 2. The Bertz CT molecular complexity index is 802. The fourth-order valence-electron chi connectivity index (χ4n) is 4.51. The second-order valence-electron chi connectivity index (χ2n) is 8.57. The number of piperazine rings is 1. The Morgan fingerprint density at radius 3 is 2.94 bits per heavy atom. The van der Waals surface area contributed by atoms with Crippen molar-refractivity contribution in [2.75, 3.05) is 20.1 Å². The van der Waals surface area contributed by atoms with Gasteiger partial charge in [-0.15, -0.1) is 4.91 Å². The van der Waals surface area contributed by atoms with Gasteiger partial charge in [-0.1, -0.05) is 12.5 Å². The number of nitrogens with zero attached hydrogens (tertiary/aromatic N) is 4. The van der Waals surface area contributed by atoms with E-state index in [0.717, 1.165) is 43.4 Å². The van der Waals surface area contributed by atoms with E-state index in [-0.39, 0.29) is 17.9 Å². The van der Waals surface area contributed by atoms with Gasteiger partial charge < -0.3 is 10.6 Å². The van der Waals surface area contributed by atoms with Gasteiger partial charge in [0, 0.05) is 50.1 Å². The third kappa shape index (κ3) is 7.08. The summed E-state index contributed by atoms with van der Waals surface area (Å²) in [5.74, 6) is 0.442. The minimum absolute atomic E-state index is 0.0777. The number of hydrogen-bond donors (Lipinski definition) is 3. The SMILES string of the molecule is CN(CCC/C(=N/NC(=O)CCCC[C@@H]1CCC2NCC(=O)NC21)c1cccnc1)N=O. The van der Waals surface area contributed by atoms with E-state index in [4.69, 9.17) is 0 Å². The van der Waals surface area contributed by atoms with Gasteiger partial charge in [-0.3, -0.25) is 19.6 Å². The highest BCUT2D eigenvalue weighted by Crippen LogP contribution is 2.31. The molecule has 32 heavy (non-hydrogen) atoms. The standard InChI is InChI=1S/C22H33N7O3/c1-29(28-32)13-5-8-18(17-7-4-12-23-14-17)26-27-20(30)9-3-2-6-16-10-11-19-22(16)25-21(31)15-24-19/h4,7,12,14,16,19,22,24H,2-3,5-6,8-11,13,15H2,1H3,(H,25,31)(H,27,30)/b26-18-/t16-,19?,22?/m1/s1. The summed E-state index contributed by atoms with van der Waals surface area (Å²) in [5, 5.41) is 15.0. The number of nitrogens with one attached hydrogen (secondary N) is 3. The first-order chi connectivity index (χ1) is 15.6. The van der Waals surface area contributed by atoms with E-state index >= 15 is 0 Å². The van der Waals surface area contributed by atoms with Crippen LogP contribution >= 0.6 is 0 Å². The third-order valence-corrected chi connectivity index (χ3v) is 6.22. The number of pyridine rings is 1. The maximum Gasteiger partial charge on any atom is 0.240 e. The Hall–Kier alpha value is -2.88. The molecule has 2 heterocycles. The summed E-state index contributed by atoms with van der Waals surface area (Å²) in [4.78, 5) is 38.6. The smallest absolute Gasteiger partial charge is 0.240 e. The van der Waals surface area contributed by atoms with E-state index in [2.05, 4.69) is 31.4 Å². The molecule has 2 unspecified atom stereocenters. The number of rotatable bonds is 12. The van der Waals surface area contributed by atoms with Gasteiger partial charge in [-0.2, -0.15) is 5.10 Å². The van der Waals surface area contributed by atoms with E-state index in [1.165, 1.54) is 5.01 Å². The summed E-state index contributed by atoms with van der Waals surface area (Å²) in [6.07, 6.45) is 10.0. The lowest BCUT2D eigenvalue weighted by Crippen LogP contribution is -2.58. The molecule has 0 spiro atoms. The lowest BCUT2D eigenvalue weighted by Gasteiger charge is -2.31. The zero-order valence-electron chi connectivity index (χ0n) is 18.6. The average molecular weight is 444 g/mol. The molecular formula is C22H33N7O3. The molecule has 2 fully saturated rings. The zero-order chi connectivity index (χ0) is 22.8. The molecule has 174 valence electrons. The van der Waals surface area contributed by atoms with Gasteiger partial charge in [-0.05, 0) is 50.5 Å². The first kappa shape index (κ1) is 23.8. The summed E-state index contributed by atoms with van der Waals surface area (Å²) in [7, 11) is 1.63. The number of unbranched alkanes of at least 4 members (excludes halogenated alkanes) is 1. The third-order valence-electron chi connectivity index (χ3n) is 6.22. The highest BCUT2D eigenvalue weighted by atomic mass is 16.3. The average Bonchev–Trinajstić information content (AvgIpc) is 3.21. The molecule has 2 amide bonds. The second kappa shape index (κ2) is 12.2. The fraction of sp³-hybridized carbons (Fsp3) is 0.636. The number of amides is 2. The maximum atomic E-state index is 12.3. The monoisotopic (exact) mass is 443 g/mol. The predicted molar refractivity (Wildman–Crippen MR) is 121 cm³/mol. The van der Waals surface area contributed by atoms with E-state index in [1.54, 1.807) is 19.4 Å². The van der Waals surface area contributed by atoms with Gasteiger partial charge in [0.05, 0.1) is 17.5 Å². The van der Waals surface area contributed by atoms with Gasteiger partial charge in [0.2, 0.25) is 11.8 Å². The van der Waals surface area contributed by atoms with Gasteiger partial charge >= 0.3 is 0 Å². The van der Waals surface area contributed by atoms with Crippen LogP contribution in [0.25, 0.3) is 0 Å². The lowest BCUT2D eigenvalue weighted by atomic mass is 9.94. The molecular weight excluding hydrogens is 410 g/mol. The number of fused-ring (bicyclic) bond motifs is 1. The van der Waals surface area contributed by atoms with Crippen molar-refractivity contribution in [3.05, 3.63) is 35.0 Å². The van der Waals surface area contributed by atoms with Crippen molar-refractivity contribution >= 4 is 17.5 Å². The Morgan fingerprint density at radius 2 is 2.16 bits per heavy atom. The van der Waals surface area contributed by atoms with Crippen LogP contribution in [0.1, 0.15) is 56.9 Å². The second-order valence-corrected chi connectivity index (χ2v) is 8.57. The molecule has 0 aromatic carbocycles.